The molecule has 0 radical (unpaired) electrons. The predicted molar refractivity (Wildman–Crippen MR) is 124 cm³/mol. The van der Waals surface area contributed by atoms with Crippen LogP contribution in [0.15, 0.2) is 24.3 Å². The van der Waals surface area contributed by atoms with Crippen LogP contribution in [0.1, 0.15) is 103 Å². The first-order chi connectivity index (χ1) is 13.5. The molecule has 0 saturated heterocycles. The number of benzene rings is 1. The van der Waals surface area contributed by atoms with Crippen molar-refractivity contribution in [3.05, 3.63) is 35.4 Å². The fourth-order valence-corrected chi connectivity index (χ4v) is 17.1. The summed E-state index contributed by atoms with van der Waals surface area (Å²) < 4.78 is 10.1. The van der Waals surface area contributed by atoms with Gasteiger partial charge in [-0.05, 0) is 0 Å². The summed E-state index contributed by atoms with van der Waals surface area (Å²) in [4.78, 5) is 12.7. The number of hydrogen-bond acceptors (Lipinski definition) is 2. The van der Waals surface area contributed by atoms with Crippen LogP contribution in [0.3, 0.4) is 0 Å². The number of hydrogen-bond donors (Lipinski definition) is 0. The fraction of sp³-hybridized carbons (Fsp3) is 0.720. The molecule has 0 bridgehead atoms. The number of rotatable bonds is 15. The van der Waals surface area contributed by atoms with Crippen molar-refractivity contribution in [3.63, 3.8) is 0 Å². The van der Waals surface area contributed by atoms with Gasteiger partial charge in [-0.15, -0.1) is 0 Å². The SMILES string of the molecule is CCC[CH2][Sn]([CH2]CCC)([CH2]CCC)[O]C(=O)CCCc1ccc(C(C)C)cc1. The van der Waals surface area contributed by atoms with Gasteiger partial charge < -0.3 is 0 Å². The van der Waals surface area contributed by atoms with Gasteiger partial charge in [0, 0.05) is 0 Å². The van der Waals surface area contributed by atoms with E-state index in [1.54, 1.807) is 0 Å². The quantitative estimate of drug-likeness (QED) is 0.230. The monoisotopic (exact) mass is 496 g/mol. The van der Waals surface area contributed by atoms with Gasteiger partial charge in [0.1, 0.15) is 0 Å². The van der Waals surface area contributed by atoms with Crippen LogP contribution in [-0.4, -0.2) is 24.8 Å². The van der Waals surface area contributed by atoms with Crippen molar-refractivity contribution in [3.8, 4) is 0 Å². The standard InChI is InChI=1S/C13H18O2.3C4H9.Sn/c1-10(2)12-8-6-11(7-9-12)4-3-5-13(14)15;3*1-3-4-2;/h6-10H,3-5H2,1-2H3,(H,14,15);3*1,3-4H2,2H3;/q;;;;+1/p-1. The molecular formula is C25H44O2Sn. The summed E-state index contributed by atoms with van der Waals surface area (Å²) in [5.41, 5.74) is 2.71. The number of carbonyl (C=O) groups excluding carboxylic acids is 1. The van der Waals surface area contributed by atoms with Crippen LogP contribution in [-0.2, 0) is 14.3 Å². The van der Waals surface area contributed by atoms with E-state index < -0.39 is 18.8 Å². The van der Waals surface area contributed by atoms with E-state index in [-0.39, 0.29) is 5.97 Å². The van der Waals surface area contributed by atoms with E-state index in [1.807, 2.05) is 0 Å². The van der Waals surface area contributed by atoms with Crippen LogP contribution in [0.5, 0.6) is 0 Å². The molecule has 0 saturated carbocycles. The van der Waals surface area contributed by atoms with Crippen molar-refractivity contribution in [1.29, 1.82) is 0 Å². The summed E-state index contributed by atoms with van der Waals surface area (Å²) in [6.45, 7) is 11.2. The molecular weight excluding hydrogens is 451 g/mol. The maximum atomic E-state index is 12.7. The second-order valence-electron chi connectivity index (χ2n) is 8.72. The van der Waals surface area contributed by atoms with E-state index in [1.165, 1.54) is 63.0 Å². The van der Waals surface area contributed by atoms with Gasteiger partial charge in [0.25, 0.3) is 0 Å². The van der Waals surface area contributed by atoms with Crippen molar-refractivity contribution < 1.29 is 7.87 Å². The molecule has 1 rings (SSSR count). The molecule has 0 amide bonds. The summed E-state index contributed by atoms with van der Waals surface area (Å²) in [6.07, 6.45) is 9.78. The van der Waals surface area contributed by atoms with E-state index in [2.05, 4.69) is 58.9 Å². The van der Waals surface area contributed by atoms with E-state index in [4.69, 9.17) is 3.07 Å². The predicted octanol–water partition coefficient (Wildman–Crippen LogP) is 8.02. The Hall–Kier alpha value is -0.511. The molecule has 0 unspecified atom stereocenters. The summed E-state index contributed by atoms with van der Waals surface area (Å²) >= 11 is -2.79. The zero-order valence-corrected chi connectivity index (χ0v) is 22.0. The topological polar surface area (TPSA) is 26.3 Å². The van der Waals surface area contributed by atoms with Crippen LogP contribution >= 0.6 is 0 Å². The third-order valence-electron chi connectivity index (χ3n) is 5.78. The summed E-state index contributed by atoms with van der Waals surface area (Å²) in [5.74, 6) is 0.664. The summed E-state index contributed by atoms with van der Waals surface area (Å²) in [7, 11) is 0. The second kappa shape index (κ2) is 14.5. The summed E-state index contributed by atoms with van der Waals surface area (Å²) in [5, 5.41) is 0. The van der Waals surface area contributed by atoms with Crippen LogP contribution in [0.4, 0.5) is 0 Å². The first kappa shape index (κ1) is 25.5. The zero-order chi connectivity index (χ0) is 20.8. The Kier molecular flexibility index (Phi) is 13.2. The van der Waals surface area contributed by atoms with Gasteiger partial charge in [0.05, 0.1) is 0 Å². The molecule has 0 atom stereocenters. The Morgan fingerprint density at radius 1 is 0.857 bits per heavy atom. The van der Waals surface area contributed by atoms with E-state index in [9.17, 15) is 4.79 Å². The van der Waals surface area contributed by atoms with Gasteiger partial charge >= 0.3 is 180 Å². The van der Waals surface area contributed by atoms with Crippen LogP contribution in [0, 0.1) is 0 Å². The summed E-state index contributed by atoms with van der Waals surface area (Å²) in [6, 6.07) is 8.88. The van der Waals surface area contributed by atoms with Crippen molar-refractivity contribution in [1.82, 2.24) is 0 Å². The Morgan fingerprint density at radius 3 is 1.79 bits per heavy atom. The Balaban J connectivity index is 2.59. The molecule has 0 aliphatic rings. The average molecular weight is 495 g/mol. The van der Waals surface area contributed by atoms with Gasteiger partial charge in [-0.25, -0.2) is 0 Å². The minimum atomic E-state index is -2.79. The molecule has 160 valence electrons. The van der Waals surface area contributed by atoms with Crippen LogP contribution in [0.25, 0.3) is 0 Å². The molecule has 1 aromatic carbocycles. The number of carbonyl (C=O) groups is 1. The third-order valence-corrected chi connectivity index (χ3v) is 18.5. The molecule has 3 heteroatoms. The van der Waals surface area contributed by atoms with Crippen LogP contribution in [0.2, 0.25) is 13.3 Å². The molecule has 1 aromatic rings. The van der Waals surface area contributed by atoms with E-state index in [0.29, 0.717) is 12.3 Å². The minimum absolute atomic E-state index is 0.0953. The Morgan fingerprint density at radius 2 is 1.36 bits per heavy atom. The molecule has 0 aliphatic carbocycles. The molecule has 2 nitrogen and oxygen atoms in total. The number of aryl methyl sites for hydroxylation is 1. The van der Waals surface area contributed by atoms with Gasteiger partial charge in [0.15, 0.2) is 0 Å². The molecule has 0 fully saturated rings. The Bertz CT molecular complexity index is 514. The van der Waals surface area contributed by atoms with E-state index >= 15 is 0 Å². The van der Waals surface area contributed by atoms with Gasteiger partial charge in [0.2, 0.25) is 0 Å². The molecule has 0 N–H and O–H groups in total. The average Bonchev–Trinajstić information content (AvgIpc) is 2.69. The first-order valence-electron chi connectivity index (χ1n) is 11.8. The van der Waals surface area contributed by atoms with Crippen LogP contribution < -0.4 is 0 Å². The van der Waals surface area contributed by atoms with Gasteiger partial charge in [-0.2, -0.15) is 0 Å². The maximum absolute atomic E-state index is 12.7. The van der Waals surface area contributed by atoms with Gasteiger partial charge in [-0.1, -0.05) is 0 Å². The van der Waals surface area contributed by atoms with Crippen molar-refractivity contribution in [2.45, 2.75) is 112 Å². The van der Waals surface area contributed by atoms with Crippen molar-refractivity contribution in [2.24, 2.45) is 0 Å². The zero-order valence-electron chi connectivity index (χ0n) is 19.2. The molecule has 0 aliphatic heterocycles. The van der Waals surface area contributed by atoms with E-state index in [0.717, 1.165) is 12.8 Å². The number of unbranched alkanes of at least 4 members (excludes halogenated alkanes) is 3. The Labute approximate surface area is 179 Å². The third kappa shape index (κ3) is 9.80. The first-order valence-corrected chi connectivity index (χ1v) is 19.0. The molecule has 28 heavy (non-hydrogen) atoms. The van der Waals surface area contributed by atoms with Crippen molar-refractivity contribution >= 4 is 24.8 Å². The second-order valence-corrected chi connectivity index (χ2v) is 20.3. The van der Waals surface area contributed by atoms with Gasteiger partial charge in [-0.3, -0.25) is 0 Å². The molecule has 0 heterocycles. The fourth-order valence-electron chi connectivity index (χ4n) is 3.82. The molecule has 0 spiro atoms. The normalized spacial score (nSPS) is 11.8. The molecule has 0 aromatic heterocycles. The van der Waals surface area contributed by atoms with Crippen molar-refractivity contribution in [2.75, 3.05) is 0 Å².